The summed E-state index contributed by atoms with van der Waals surface area (Å²) < 4.78 is 5.80. The van der Waals surface area contributed by atoms with Gasteiger partial charge in [-0.25, -0.2) is 0 Å². The lowest BCUT2D eigenvalue weighted by molar-refractivity contribution is 0.0594. The van der Waals surface area contributed by atoms with Gasteiger partial charge in [0.15, 0.2) is 0 Å². The van der Waals surface area contributed by atoms with Gasteiger partial charge in [0.05, 0.1) is 12.7 Å². The monoisotopic (exact) mass is 259 g/mol. The van der Waals surface area contributed by atoms with Gasteiger partial charge in [0.2, 0.25) is 0 Å². The maximum Gasteiger partial charge on any atom is 0.0777 e. The normalized spacial score (nSPS) is 12.8. The van der Waals surface area contributed by atoms with Crippen molar-refractivity contribution in [2.24, 2.45) is 0 Å². The first-order valence-electron chi connectivity index (χ1n) is 4.50. The highest BCUT2D eigenvalue weighted by atomic mass is 79.9. The molecule has 1 aromatic heterocycles. The number of hydrogen-bond acceptors (Lipinski definition) is 3. The van der Waals surface area contributed by atoms with Crippen molar-refractivity contribution in [1.82, 2.24) is 4.98 Å². The van der Waals surface area contributed by atoms with Crippen LogP contribution in [0.4, 0.5) is 0 Å². The Balaban J connectivity index is 2.34. The highest BCUT2D eigenvalue weighted by Gasteiger charge is 2.04. The van der Waals surface area contributed by atoms with E-state index in [0.29, 0.717) is 13.0 Å². The van der Waals surface area contributed by atoms with Gasteiger partial charge in [-0.3, -0.25) is 4.98 Å². The summed E-state index contributed by atoms with van der Waals surface area (Å²) in [6.07, 6.45) is 2.82. The number of ether oxygens (including phenoxy) is 1. The lowest BCUT2D eigenvalue weighted by Gasteiger charge is -2.08. The molecule has 0 bridgehead atoms. The van der Waals surface area contributed by atoms with Crippen molar-refractivity contribution in [2.75, 3.05) is 13.7 Å². The average molecular weight is 260 g/mol. The minimum Gasteiger partial charge on any atom is -0.391 e. The van der Waals surface area contributed by atoms with Crippen LogP contribution in [0.25, 0.3) is 0 Å². The molecule has 1 atom stereocenters. The maximum absolute atomic E-state index is 9.40. The number of methoxy groups -OCH3 is 1. The summed E-state index contributed by atoms with van der Waals surface area (Å²) >= 11 is 3.32. The van der Waals surface area contributed by atoms with Gasteiger partial charge in [-0.15, -0.1) is 0 Å². The third-order valence-corrected chi connectivity index (χ3v) is 2.35. The summed E-state index contributed by atoms with van der Waals surface area (Å²) in [5, 5.41) is 9.40. The Bertz CT molecular complexity index is 263. The Morgan fingerprint density at radius 3 is 2.93 bits per heavy atom. The molecule has 0 spiro atoms. The smallest absolute Gasteiger partial charge is 0.0777 e. The molecule has 78 valence electrons. The molecule has 1 unspecified atom stereocenters. The molecule has 1 rings (SSSR count). The van der Waals surface area contributed by atoms with E-state index in [1.54, 1.807) is 13.3 Å². The van der Waals surface area contributed by atoms with Crippen LogP contribution >= 0.6 is 15.9 Å². The molecule has 0 amide bonds. The van der Waals surface area contributed by atoms with Gasteiger partial charge < -0.3 is 9.84 Å². The molecule has 0 aliphatic heterocycles. The summed E-state index contributed by atoms with van der Waals surface area (Å²) in [5.74, 6) is 0. The molecule has 3 nitrogen and oxygen atoms in total. The zero-order valence-electron chi connectivity index (χ0n) is 8.11. The quantitative estimate of drug-likeness (QED) is 0.877. The second-order valence-electron chi connectivity index (χ2n) is 3.12. The standard InChI is InChI=1S/C10H14BrNO2/c1-14-7-10(13)5-4-9-3-2-8(11)6-12-9/h2-3,6,10,13H,4-5,7H2,1H3. The largest absolute Gasteiger partial charge is 0.391 e. The third-order valence-electron chi connectivity index (χ3n) is 1.88. The van der Waals surface area contributed by atoms with Gasteiger partial charge >= 0.3 is 0 Å². The molecule has 0 radical (unpaired) electrons. The minimum atomic E-state index is -0.398. The van der Waals surface area contributed by atoms with Crippen LogP contribution in [0.1, 0.15) is 12.1 Å². The van der Waals surface area contributed by atoms with Gasteiger partial charge in [-0.1, -0.05) is 0 Å². The van der Waals surface area contributed by atoms with E-state index >= 15 is 0 Å². The summed E-state index contributed by atoms with van der Waals surface area (Å²) in [6, 6.07) is 3.90. The molecular weight excluding hydrogens is 246 g/mol. The SMILES string of the molecule is COCC(O)CCc1ccc(Br)cn1. The lowest BCUT2D eigenvalue weighted by Crippen LogP contribution is -2.14. The number of rotatable bonds is 5. The van der Waals surface area contributed by atoms with Crippen molar-refractivity contribution in [1.29, 1.82) is 0 Å². The summed E-state index contributed by atoms with van der Waals surface area (Å²) in [4.78, 5) is 4.21. The molecule has 0 aromatic carbocycles. The van der Waals surface area contributed by atoms with Crippen LogP contribution in [-0.2, 0) is 11.2 Å². The first kappa shape index (κ1) is 11.6. The van der Waals surface area contributed by atoms with Crippen molar-refractivity contribution in [2.45, 2.75) is 18.9 Å². The van der Waals surface area contributed by atoms with Gasteiger partial charge in [-0.05, 0) is 40.9 Å². The zero-order chi connectivity index (χ0) is 10.4. The van der Waals surface area contributed by atoms with Crippen molar-refractivity contribution in [3.63, 3.8) is 0 Å². The van der Waals surface area contributed by atoms with E-state index in [4.69, 9.17) is 4.74 Å². The molecule has 0 saturated heterocycles. The van der Waals surface area contributed by atoms with Gasteiger partial charge in [-0.2, -0.15) is 0 Å². The van der Waals surface area contributed by atoms with Crippen LogP contribution in [0, 0.1) is 0 Å². The second-order valence-corrected chi connectivity index (χ2v) is 4.03. The van der Waals surface area contributed by atoms with Crippen molar-refractivity contribution in [3.8, 4) is 0 Å². The van der Waals surface area contributed by atoms with Gasteiger partial charge in [0.25, 0.3) is 0 Å². The van der Waals surface area contributed by atoms with Crippen molar-refractivity contribution >= 4 is 15.9 Å². The number of nitrogens with zero attached hydrogens (tertiary/aromatic N) is 1. The fourth-order valence-corrected chi connectivity index (χ4v) is 1.38. The Labute approximate surface area is 92.3 Å². The third kappa shape index (κ3) is 4.17. The Morgan fingerprint density at radius 2 is 2.36 bits per heavy atom. The minimum absolute atomic E-state index is 0.385. The lowest BCUT2D eigenvalue weighted by atomic mass is 10.1. The molecule has 0 saturated carbocycles. The molecule has 14 heavy (non-hydrogen) atoms. The number of hydrogen-bond donors (Lipinski definition) is 1. The zero-order valence-corrected chi connectivity index (χ0v) is 9.70. The number of aromatic nitrogens is 1. The Kier molecular flexibility index (Phi) is 5.07. The van der Waals surface area contributed by atoms with E-state index in [1.165, 1.54) is 0 Å². The summed E-state index contributed by atoms with van der Waals surface area (Å²) in [7, 11) is 1.58. The fraction of sp³-hybridized carbons (Fsp3) is 0.500. The van der Waals surface area contributed by atoms with E-state index in [1.807, 2.05) is 12.1 Å². The number of pyridine rings is 1. The Hall–Kier alpha value is -0.450. The number of aliphatic hydroxyl groups excluding tert-OH is 1. The van der Waals surface area contributed by atoms with E-state index in [9.17, 15) is 5.11 Å². The van der Waals surface area contributed by atoms with Crippen LogP contribution in [0.3, 0.4) is 0 Å². The van der Waals surface area contributed by atoms with E-state index in [-0.39, 0.29) is 0 Å². The van der Waals surface area contributed by atoms with Crippen LogP contribution < -0.4 is 0 Å². The van der Waals surface area contributed by atoms with E-state index in [2.05, 4.69) is 20.9 Å². The molecule has 1 N–H and O–H groups in total. The highest BCUT2D eigenvalue weighted by molar-refractivity contribution is 9.10. The Morgan fingerprint density at radius 1 is 1.57 bits per heavy atom. The molecule has 4 heteroatoms. The van der Waals surface area contributed by atoms with Crippen LogP contribution in [0.2, 0.25) is 0 Å². The van der Waals surface area contributed by atoms with Crippen LogP contribution in [-0.4, -0.2) is 29.9 Å². The molecule has 0 aliphatic carbocycles. The number of aliphatic hydroxyl groups is 1. The van der Waals surface area contributed by atoms with E-state index in [0.717, 1.165) is 16.6 Å². The predicted molar refractivity (Wildman–Crippen MR) is 58.1 cm³/mol. The van der Waals surface area contributed by atoms with Crippen molar-refractivity contribution < 1.29 is 9.84 Å². The molecule has 1 heterocycles. The van der Waals surface area contributed by atoms with Crippen LogP contribution in [0.15, 0.2) is 22.8 Å². The number of aryl methyl sites for hydroxylation is 1. The molecule has 0 fully saturated rings. The number of halogens is 1. The van der Waals surface area contributed by atoms with Gasteiger partial charge in [0.1, 0.15) is 0 Å². The molecular formula is C10H14BrNO2. The predicted octanol–water partition coefficient (Wildman–Crippen LogP) is 1.78. The van der Waals surface area contributed by atoms with E-state index < -0.39 is 6.10 Å². The fourth-order valence-electron chi connectivity index (χ4n) is 1.14. The molecule has 1 aromatic rings. The summed E-state index contributed by atoms with van der Waals surface area (Å²) in [5.41, 5.74) is 0.989. The average Bonchev–Trinajstić information content (AvgIpc) is 2.17. The van der Waals surface area contributed by atoms with Crippen LogP contribution in [0.5, 0.6) is 0 Å². The topological polar surface area (TPSA) is 42.4 Å². The van der Waals surface area contributed by atoms with Crippen molar-refractivity contribution in [3.05, 3.63) is 28.5 Å². The second kappa shape index (κ2) is 6.11. The first-order valence-corrected chi connectivity index (χ1v) is 5.29. The highest BCUT2D eigenvalue weighted by Crippen LogP contribution is 2.09. The first-order chi connectivity index (χ1) is 6.72. The molecule has 0 aliphatic rings. The summed E-state index contributed by atoms with van der Waals surface area (Å²) in [6.45, 7) is 0.385. The maximum atomic E-state index is 9.40. The van der Waals surface area contributed by atoms with Gasteiger partial charge in [0, 0.05) is 23.5 Å².